The minimum Gasteiger partial charge on any atom is -0.468 e. The Morgan fingerprint density at radius 2 is 1.90 bits per heavy atom. The molecule has 3 aromatic rings. The standard InChI is InChI=1S/C22H23ClN2O5S/c1-24(14-20-7-4-12-28-20)31(26,27)21-15-29-25(2)22(21)16-5-3-6-19(13-16)30-18-10-8-17(23)9-11-18/h3-13,21-22H,14-15H2,1-2H3/t21-,22-/m0/s1. The van der Waals surface area contributed by atoms with E-state index in [1.54, 1.807) is 55.6 Å². The second-order valence-corrected chi connectivity index (χ2v) is 10.0. The Bertz CT molecular complexity index is 1120. The lowest BCUT2D eigenvalue weighted by atomic mass is 10.0. The van der Waals surface area contributed by atoms with E-state index < -0.39 is 21.3 Å². The fourth-order valence-corrected chi connectivity index (χ4v) is 5.40. The summed E-state index contributed by atoms with van der Waals surface area (Å²) in [6.07, 6.45) is 1.53. The third-order valence-corrected chi connectivity index (χ3v) is 7.62. The molecule has 2 heterocycles. The van der Waals surface area contributed by atoms with Gasteiger partial charge in [-0.3, -0.25) is 4.84 Å². The van der Waals surface area contributed by atoms with Crippen LogP contribution < -0.4 is 4.74 Å². The van der Waals surface area contributed by atoms with Crippen LogP contribution in [0.5, 0.6) is 11.5 Å². The van der Waals surface area contributed by atoms with E-state index in [2.05, 4.69) is 0 Å². The van der Waals surface area contributed by atoms with Crippen molar-refractivity contribution in [2.24, 2.45) is 0 Å². The van der Waals surface area contributed by atoms with Crippen molar-refractivity contribution < 1.29 is 22.4 Å². The van der Waals surface area contributed by atoms with Crippen LogP contribution in [0.2, 0.25) is 5.02 Å². The van der Waals surface area contributed by atoms with Gasteiger partial charge in [0.25, 0.3) is 0 Å². The number of hydrogen-bond donors (Lipinski definition) is 0. The monoisotopic (exact) mass is 462 g/mol. The third kappa shape index (κ3) is 4.78. The maximum atomic E-state index is 13.3. The van der Waals surface area contributed by atoms with Crippen molar-refractivity contribution in [2.75, 3.05) is 20.7 Å². The van der Waals surface area contributed by atoms with Crippen molar-refractivity contribution >= 4 is 21.6 Å². The molecule has 1 aliphatic heterocycles. The molecule has 2 atom stereocenters. The quantitative estimate of drug-likeness (QED) is 0.515. The number of hydroxylamine groups is 2. The molecule has 7 nitrogen and oxygen atoms in total. The molecule has 31 heavy (non-hydrogen) atoms. The highest BCUT2D eigenvalue weighted by atomic mass is 35.5. The average Bonchev–Trinajstić information content (AvgIpc) is 3.39. The number of furan rings is 1. The van der Waals surface area contributed by atoms with Crippen LogP contribution in [0.4, 0.5) is 0 Å². The van der Waals surface area contributed by atoms with Crippen molar-refractivity contribution in [2.45, 2.75) is 17.8 Å². The Morgan fingerprint density at radius 1 is 1.13 bits per heavy atom. The van der Waals surface area contributed by atoms with E-state index in [4.69, 9.17) is 25.6 Å². The first-order valence-corrected chi connectivity index (χ1v) is 11.6. The molecule has 0 amide bonds. The Kier molecular flexibility index (Phi) is 6.36. The number of hydrogen-bond acceptors (Lipinski definition) is 6. The summed E-state index contributed by atoms with van der Waals surface area (Å²) in [4.78, 5) is 5.62. The van der Waals surface area contributed by atoms with E-state index in [0.29, 0.717) is 22.3 Å². The Hall–Kier alpha value is -2.36. The summed E-state index contributed by atoms with van der Waals surface area (Å²) in [5, 5.41) is 1.44. The third-order valence-electron chi connectivity index (χ3n) is 5.21. The molecular weight excluding hydrogens is 440 g/mol. The van der Waals surface area contributed by atoms with Gasteiger partial charge >= 0.3 is 0 Å². The first-order chi connectivity index (χ1) is 14.8. The van der Waals surface area contributed by atoms with Crippen molar-refractivity contribution in [1.82, 2.24) is 9.37 Å². The second-order valence-electron chi connectivity index (χ2n) is 7.33. The minimum atomic E-state index is -3.67. The average molecular weight is 463 g/mol. The maximum absolute atomic E-state index is 13.3. The molecule has 0 N–H and O–H groups in total. The van der Waals surface area contributed by atoms with Crippen LogP contribution >= 0.6 is 11.6 Å². The largest absolute Gasteiger partial charge is 0.468 e. The van der Waals surface area contributed by atoms with Crippen LogP contribution in [0.15, 0.2) is 71.3 Å². The summed E-state index contributed by atoms with van der Waals surface area (Å²) >= 11 is 5.93. The smallest absolute Gasteiger partial charge is 0.221 e. The highest BCUT2D eigenvalue weighted by molar-refractivity contribution is 7.89. The number of rotatable bonds is 7. The van der Waals surface area contributed by atoms with Crippen molar-refractivity contribution in [1.29, 1.82) is 0 Å². The summed E-state index contributed by atoms with van der Waals surface area (Å²) in [6, 6.07) is 17.4. The topological polar surface area (TPSA) is 72.2 Å². The van der Waals surface area contributed by atoms with Crippen LogP contribution in [0, 0.1) is 0 Å². The molecule has 2 aromatic carbocycles. The van der Waals surface area contributed by atoms with Gasteiger partial charge in [-0.15, -0.1) is 0 Å². The molecule has 164 valence electrons. The van der Waals surface area contributed by atoms with Gasteiger partial charge in [0.2, 0.25) is 10.0 Å². The molecule has 0 bridgehead atoms. The summed E-state index contributed by atoms with van der Waals surface area (Å²) in [7, 11) is -0.386. The number of nitrogens with zero attached hydrogens (tertiary/aromatic N) is 2. The SMILES string of the molecule is CN1OC[C@H](S(=O)(=O)N(C)Cc2ccco2)[C@@H]1c1cccc(Oc2ccc(Cl)cc2)c1. The zero-order valence-corrected chi connectivity index (χ0v) is 18.7. The zero-order valence-electron chi connectivity index (χ0n) is 17.1. The summed E-state index contributed by atoms with van der Waals surface area (Å²) in [6.45, 7) is 0.219. The molecule has 1 aliphatic rings. The molecule has 1 aromatic heterocycles. The van der Waals surface area contributed by atoms with E-state index in [-0.39, 0.29) is 13.2 Å². The van der Waals surface area contributed by atoms with Crippen molar-refractivity contribution in [3.8, 4) is 11.5 Å². The minimum absolute atomic E-state index is 0.0638. The highest BCUT2D eigenvalue weighted by Gasteiger charge is 2.45. The summed E-state index contributed by atoms with van der Waals surface area (Å²) in [5.41, 5.74) is 0.784. The van der Waals surface area contributed by atoms with Crippen molar-refractivity contribution in [3.05, 3.63) is 83.3 Å². The van der Waals surface area contributed by atoms with Gasteiger partial charge in [0, 0.05) is 19.1 Å². The predicted octanol–water partition coefficient (Wildman–Crippen LogP) is 4.47. The van der Waals surface area contributed by atoms with Crippen LogP contribution in [0.25, 0.3) is 0 Å². The highest BCUT2D eigenvalue weighted by Crippen LogP contribution is 2.37. The van der Waals surface area contributed by atoms with Crippen LogP contribution in [-0.4, -0.2) is 43.7 Å². The molecule has 0 spiro atoms. The molecule has 0 unspecified atom stereocenters. The fourth-order valence-electron chi connectivity index (χ4n) is 3.61. The maximum Gasteiger partial charge on any atom is 0.221 e. The molecule has 0 saturated carbocycles. The number of halogens is 1. The van der Waals surface area contributed by atoms with E-state index in [0.717, 1.165) is 5.56 Å². The number of ether oxygens (including phenoxy) is 1. The molecule has 0 aliphatic carbocycles. The van der Waals surface area contributed by atoms with Gasteiger partial charge in [-0.1, -0.05) is 23.7 Å². The Labute approximate surface area is 186 Å². The van der Waals surface area contributed by atoms with Gasteiger partial charge in [0.05, 0.1) is 25.5 Å². The molecule has 0 radical (unpaired) electrons. The number of benzene rings is 2. The van der Waals surface area contributed by atoms with Gasteiger partial charge in [0.15, 0.2) is 0 Å². The van der Waals surface area contributed by atoms with Gasteiger partial charge in [-0.2, -0.15) is 9.37 Å². The van der Waals surface area contributed by atoms with E-state index in [1.165, 1.54) is 10.6 Å². The van der Waals surface area contributed by atoms with Gasteiger partial charge in [0.1, 0.15) is 22.5 Å². The fraction of sp³-hybridized carbons (Fsp3) is 0.273. The molecule has 1 saturated heterocycles. The van der Waals surface area contributed by atoms with Crippen LogP contribution in [0.1, 0.15) is 17.4 Å². The number of sulfonamides is 1. The summed E-state index contributed by atoms with van der Waals surface area (Å²) in [5.74, 6) is 1.81. The Balaban J connectivity index is 1.57. The van der Waals surface area contributed by atoms with E-state index in [9.17, 15) is 8.42 Å². The molecule has 1 fully saturated rings. The lowest BCUT2D eigenvalue weighted by molar-refractivity contribution is -0.110. The van der Waals surface area contributed by atoms with Crippen LogP contribution in [0.3, 0.4) is 0 Å². The second kappa shape index (κ2) is 9.02. The first kappa shape index (κ1) is 21.9. The Morgan fingerprint density at radius 3 is 2.61 bits per heavy atom. The molecular formula is C22H23ClN2O5S. The summed E-state index contributed by atoms with van der Waals surface area (Å²) < 4.78 is 39.2. The van der Waals surface area contributed by atoms with Gasteiger partial charge in [-0.05, 0) is 54.1 Å². The predicted molar refractivity (Wildman–Crippen MR) is 117 cm³/mol. The van der Waals surface area contributed by atoms with E-state index >= 15 is 0 Å². The zero-order chi connectivity index (χ0) is 22.0. The molecule has 9 heteroatoms. The van der Waals surface area contributed by atoms with Crippen LogP contribution in [-0.2, 0) is 21.4 Å². The lowest BCUT2D eigenvalue weighted by Gasteiger charge is -2.26. The van der Waals surface area contributed by atoms with Crippen molar-refractivity contribution in [3.63, 3.8) is 0 Å². The normalized spacial score (nSPS) is 19.7. The molecule has 4 rings (SSSR count). The lowest BCUT2D eigenvalue weighted by Crippen LogP contribution is -2.40. The van der Waals surface area contributed by atoms with Gasteiger partial charge in [-0.25, -0.2) is 8.42 Å². The first-order valence-electron chi connectivity index (χ1n) is 9.71. The van der Waals surface area contributed by atoms with E-state index in [1.807, 2.05) is 24.3 Å². The van der Waals surface area contributed by atoms with Gasteiger partial charge < -0.3 is 9.15 Å².